The molecule has 2 heterocycles. The number of ether oxygens (including phenoxy) is 2. The third-order valence-corrected chi connectivity index (χ3v) is 5.21. The van der Waals surface area contributed by atoms with Crippen LogP contribution in [0.3, 0.4) is 0 Å². The van der Waals surface area contributed by atoms with E-state index in [9.17, 15) is 0 Å². The standard InChI is InChI=1S/C22H31N3O3S/c1-3-27-20-9-6-19(7-10-20)23-22(29)25(17-21-8-5-18(2)28-21)12-4-11-24-13-15-26-16-14-24/h5-10H,3-4,11-17H2,1-2H3,(H,23,29). The number of rotatable bonds is 9. The van der Waals surface area contributed by atoms with E-state index in [0.717, 1.165) is 68.8 Å². The van der Waals surface area contributed by atoms with E-state index in [0.29, 0.717) is 18.3 Å². The Morgan fingerprint density at radius 1 is 1.17 bits per heavy atom. The van der Waals surface area contributed by atoms with Gasteiger partial charge in [-0.15, -0.1) is 0 Å². The first-order valence-electron chi connectivity index (χ1n) is 10.3. The molecule has 29 heavy (non-hydrogen) atoms. The molecule has 0 radical (unpaired) electrons. The molecule has 1 aromatic heterocycles. The fourth-order valence-electron chi connectivity index (χ4n) is 3.32. The maximum Gasteiger partial charge on any atom is 0.173 e. The summed E-state index contributed by atoms with van der Waals surface area (Å²) in [4.78, 5) is 4.62. The number of hydrogen-bond donors (Lipinski definition) is 1. The molecule has 6 nitrogen and oxygen atoms in total. The molecule has 1 aliphatic heterocycles. The first-order chi connectivity index (χ1) is 14.1. The van der Waals surface area contributed by atoms with Gasteiger partial charge >= 0.3 is 0 Å². The van der Waals surface area contributed by atoms with Crippen molar-refractivity contribution in [2.75, 3.05) is 51.3 Å². The van der Waals surface area contributed by atoms with Gasteiger partial charge in [-0.1, -0.05) is 0 Å². The van der Waals surface area contributed by atoms with E-state index >= 15 is 0 Å². The predicted octanol–water partition coefficient (Wildman–Crippen LogP) is 3.91. The van der Waals surface area contributed by atoms with Crippen molar-refractivity contribution in [3.63, 3.8) is 0 Å². The number of furan rings is 1. The van der Waals surface area contributed by atoms with E-state index in [4.69, 9.17) is 26.1 Å². The summed E-state index contributed by atoms with van der Waals surface area (Å²) >= 11 is 5.73. The molecule has 0 amide bonds. The minimum atomic E-state index is 0.653. The van der Waals surface area contributed by atoms with E-state index in [-0.39, 0.29) is 0 Å². The van der Waals surface area contributed by atoms with E-state index in [1.807, 2.05) is 50.2 Å². The smallest absolute Gasteiger partial charge is 0.173 e. The van der Waals surface area contributed by atoms with Crippen LogP contribution < -0.4 is 10.1 Å². The molecule has 3 rings (SSSR count). The molecule has 158 valence electrons. The van der Waals surface area contributed by atoms with Crippen LogP contribution in [0.5, 0.6) is 5.75 Å². The Balaban J connectivity index is 1.58. The highest BCUT2D eigenvalue weighted by Gasteiger charge is 2.15. The number of thiocarbonyl (C=S) groups is 1. The van der Waals surface area contributed by atoms with Crippen LogP contribution >= 0.6 is 12.2 Å². The van der Waals surface area contributed by atoms with Gasteiger partial charge in [-0.3, -0.25) is 4.90 Å². The minimum absolute atomic E-state index is 0.653. The number of nitrogens with one attached hydrogen (secondary N) is 1. The molecular formula is C22H31N3O3S. The largest absolute Gasteiger partial charge is 0.494 e. The van der Waals surface area contributed by atoms with Crippen molar-refractivity contribution >= 4 is 23.0 Å². The van der Waals surface area contributed by atoms with Crippen molar-refractivity contribution < 1.29 is 13.9 Å². The lowest BCUT2D eigenvalue weighted by molar-refractivity contribution is 0.0367. The molecule has 1 N–H and O–H groups in total. The predicted molar refractivity (Wildman–Crippen MR) is 120 cm³/mol. The molecule has 0 aliphatic carbocycles. The maximum atomic E-state index is 5.78. The Labute approximate surface area is 178 Å². The number of benzene rings is 1. The van der Waals surface area contributed by atoms with Crippen molar-refractivity contribution in [3.8, 4) is 5.75 Å². The lowest BCUT2D eigenvalue weighted by atomic mass is 10.3. The second-order valence-electron chi connectivity index (χ2n) is 7.13. The quantitative estimate of drug-likeness (QED) is 0.621. The van der Waals surface area contributed by atoms with Gasteiger partial charge in [-0.05, 0) is 68.9 Å². The highest BCUT2D eigenvalue weighted by atomic mass is 32.1. The first kappa shape index (κ1) is 21.6. The molecule has 1 aliphatic rings. The van der Waals surface area contributed by atoms with Gasteiger partial charge < -0.3 is 24.1 Å². The lowest BCUT2D eigenvalue weighted by Crippen LogP contribution is -2.39. The Bertz CT molecular complexity index is 757. The number of morpholine rings is 1. The van der Waals surface area contributed by atoms with Crippen LogP contribution in [-0.4, -0.2) is 60.9 Å². The molecule has 1 fully saturated rings. The topological polar surface area (TPSA) is 50.1 Å². The van der Waals surface area contributed by atoms with Gasteiger partial charge in [0.1, 0.15) is 17.3 Å². The van der Waals surface area contributed by atoms with E-state index in [2.05, 4.69) is 15.1 Å². The number of aryl methyl sites for hydroxylation is 1. The molecule has 1 aromatic carbocycles. The number of anilines is 1. The summed E-state index contributed by atoms with van der Waals surface area (Å²) in [5, 5.41) is 4.05. The van der Waals surface area contributed by atoms with Crippen molar-refractivity contribution in [1.82, 2.24) is 9.80 Å². The van der Waals surface area contributed by atoms with Crippen molar-refractivity contribution in [2.24, 2.45) is 0 Å². The highest BCUT2D eigenvalue weighted by molar-refractivity contribution is 7.80. The molecule has 1 saturated heterocycles. The Kier molecular flexibility index (Phi) is 8.34. The van der Waals surface area contributed by atoms with Gasteiger partial charge in [0.15, 0.2) is 5.11 Å². The molecule has 0 unspecified atom stereocenters. The van der Waals surface area contributed by atoms with Crippen LogP contribution in [0.4, 0.5) is 5.69 Å². The zero-order valence-electron chi connectivity index (χ0n) is 17.4. The van der Waals surface area contributed by atoms with Gasteiger partial charge in [0.05, 0.1) is 26.4 Å². The third kappa shape index (κ3) is 7.03. The van der Waals surface area contributed by atoms with E-state index in [1.54, 1.807) is 0 Å². The summed E-state index contributed by atoms with van der Waals surface area (Å²) in [5.74, 6) is 2.70. The monoisotopic (exact) mass is 417 g/mol. The molecule has 0 saturated carbocycles. The molecule has 0 atom stereocenters. The van der Waals surface area contributed by atoms with Crippen LogP contribution in [0.15, 0.2) is 40.8 Å². The molecule has 2 aromatic rings. The van der Waals surface area contributed by atoms with Crippen molar-refractivity contribution in [1.29, 1.82) is 0 Å². The van der Waals surface area contributed by atoms with Gasteiger partial charge in [0.25, 0.3) is 0 Å². The fraction of sp³-hybridized carbons (Fsp3) is 0.500. The summed E-state index contributed by atoms with van der Waals surface area (Å²) in [6, 6.07) is 11.9. The molecule has 0 bridgehead atoms. The molecule has 7 heteroatoms. The second kappa shape index (κ2) is 11.2. The Morgan fingerprint density at radius 3 is 2.59 bits per heavy atom. The van der Waals surface area contributed by atoms with Gasteiger partial charge in [0, 0.05) is 31.9 Å². The SMILES string of the molecule is CCOc1ccc(NC(=S)N(CCCN2CCOCC2)Cc2ccc(C)o2)cc1. The second-order valence-corrected chi connectivity index (χ2v) is 7.52. The van der Waals surface area contributed by atoms with Crippen LogP contribution in [0.2, 0.25) is 0 Å². The van der Waals surface area contributed by atoms with Crippen molar-refractivity contribution in [3.05, 3.63) is 47.9 Å². The van der Waals surface area contributed by atoms with E-state index < -0.39 is 0 Å². The molecule has 0 spiro atoms. The summed E-state index contributed by atoms with van der Waals surface area (Å²) in [6.07, 6.45) is 1.03. The zero-order valence-corrected chi connectivity index (χ0v) is 18.2. The highest BCUT2D eigenvalue weighted by Crippen LogP contribution is 2.17. The van der Waals surface area contributed by atoms with Crippen molar-refractivity contribution in [2.45, 2.75) is 26.8 Å². The van der Waals surface area contributed by atoms with Gasteiger partial charge in [-0.2, -0.15) is 0 Å². The number of nitrogens with zero attached hydrogens (tertiary/aromatic N) is 2. The third-order valence-electron chi connectivity index (χ3n) is 4.85. The summed E-state index contributed by atoms with van der Waals surface area (Å²) in [6.45, 7) is 10.8. The average molecular weight is 418 g/mol. The fourth-order valence-corrected chi connectivity index (χ4v) is 3.60. The summed E-state index contributed by atoms with van der Waals surface area (Å²) < 4.78 is 16.7. The van der Waals surface area contributed by atoms with Crippen LogP contribution in [0.25, 0.3) is 0 Å². The van der Waals surface area contributed by atoms with Crippen LogP contribution in [-0.2, 0) is 11.3 Å². The summed E-state index contributed by atoms with van der Waals surface area (Å²) in [7, 11) is 0. The lowest BCUT2D eigenvalue weighted by Gasteiger charge is -2.29. The first-order valence-corrected chi connectivity index (χ1v) is 10.7. The average Bonchev–Trinajstić information content (AvgIpc) is 3.14. The Morgan fingerprint density at radius 2 is 1.93 bits per heavy atom. The minimum Gasteiger partial charge on any atom is -0.494 e. The summed E-state index contributed by atoms with van der Waals surface area (Å²) in [5.41, 5.74) is 0.951. The zero-order chi connectivity index (χ0) is 20.5. The van der Waals surface area contributed by atoms with Crippen LogP contribution in [0.1, 0.15) is 24.9 Å². The van der Waals surface area contributed by atoms with Gasteiger partial charge in [-0.25, -0.2) is 0 Å². The van der Waals surface area contributed by atoms with Gasteiger partial charge in [0.2, 0.25) is 0 Å². The normalized spacial score (nSPS) is 14.6. The van der Waals surface area contributed by atoms with E-state index in [1.165, 1.54) is 0 Å². The van der Waals surface area contributed by atoms with Crippen LogP contribution in [0, 0.1) is 6.92 Å². The number of hydrogen-bond acceptors (Lipinski definition) is 5. The maximum absolute atomic E-state index is 5.78. The molecular weight excluding hydrogens is 386 g/mol. The Hall–Kier alpha value is -2.09.